The summed E-state index contributed by atoms with van der Waals surface area (Å²) in [4.78, 5) is 0. The monoisotopic (exact) mass is 470 g/mol. The molecule has 31 heavy (non-hydrogen) atoms. The molecule has 1 nitrogen and oxygen atoms in total. The van der Waals surface area contributed by atoms with Gasteiger partial charge in [-0.05, 0) is 17.1 Å². The van der Waals surface area contributed by atoms with Crippen LogP contribution in [0, 0.1) is 23.3 Å². The van der Waals surface area contributed by atoms with Gasteiger partial charge in [-0.25, -0.2) is 8.78 Å². The van der Waals surface area contributed by atoms with Gasteiger partial charge in [0.2, 0.25) is 11.6 Å². The lowest BCUT2D eigenvalue weighted by atomic mass is 10.2. The van der Waals surface area contributed by atoms with Crippen molar-refractivity contribution in [1.82, 2.24) is 0 Å². The molecule has 2 aromatic carbocycles. The van der Waals surface area contributed by atoms with E-state index in [4.69, 9.17) is 4.43 Å². The van der Waals surface area contributed by atoms with E-state index in [-0.39, 0.29) is 11.6 Å². The van der Waals surface area contributed by atoms with Gasteiger partial charge in [0.25, 0.3) is 8.32 Å². The smallest absolute Gasteiger partial charge is 0.258 e. The molecule has 0 radical (unpaired) electrons. The molecular weight excluding hydrogens is 436 g/mol. The second kappa shape index (κ2) is 10.8. The molecule has 0 heterocycles. The fourth-order valence-electron chi connectivity index (χ4n) is 4.33. The second-order valence-corrected chi connectivity index (χ2v) is 18.8. The van der Waals surface area contributed by atoms with Gasteiger partial charge in [0.1, 0.15) is 0 Å². The molecule has 0 spiro atoms. The predicted octanol–water partition coefficient (Wildman–Crippen LogP) is 8.27. The van der Waals surface area contributed by atoms with Crippen molar-refractivity contribution in [2.24, 2.45) is 0 Å². The Labute approximate surface area is 186 Å². The lowest BCUT2D eigenvalue weighted by Crippen LogP contribution is -2.50. The Hall–Kier alpha value is -1.61. The van der Waals surface area contributed by atoms with E-state index in [9.17, 15) is 17.6 Å². The molecule has 0 bridgehead atoms. The summed E-state index contributed by atoms with van der Waals surface area (Å²) < 4.78 is 63.1. The van der Waals surface area contributed by atoms with Crippen LogP contribution in [0.1, 0.15) is 40.2 Å². The van der Waals surface area contributed by atoms with Crippen LogP contribution in [0.5, 0.6) is 5.75 Å². The van der Waals surface area contributed by atoms with Gasteiger partial charge in [-0.15, -0.1) is 0 Å². The van der Waals surface area contributed by atoms with Gasteiger partial charge in [-0.2, -0.15) is 8.78 Å². The highest BCUT2D eigenvalue weighted by Gasteiger charge is 2.44. The van der Waals surface area contributed by atoms with Gasteiger partial charge in [0.15, 0.2) is 17.4 Å². The topological polar surface area (TPSA) is 9.23 Å². The summed E-state index contributed by atoms with van der Waals surface area (Å²) in [7, 11) is -4.44. The molecule has 0 N–H and O–H groups in total. The van der Waals surface area contributed by atoms with Crippen LogP contribution in [0.25, 0.3) is 0 Å². The molecule has 2 aromatic rings. The van der Waals surface area contributed by atoms with Crippen molar-refractivity contribution in [3.05, 3.63) is 65.2 Å². The fourth-order valence-corrected chi connectivity index (χ4v) is 13.8. The predicted molar refractivity (Wildman–Crippen MR) is 125 cm³/mol. The zero-order valence-corrected chi connectivity index (χ0v) is 21.2. The molecule has 0 aliphatic carbocycles. The highest BCUT2D eigenvalue weighted by molar-refractivity contribution is 6.83. The molecule has 0 aliphatic rings. The van der Waals surface area contributed by atoms with Crippen LogP contribution in [0.3, 0.4) is 0 Å². The van der Waals surface area contributed by atoms with E-state index in [2.05, 4.69) is 20.8 Å². The van der Waals surface area contributed by atoms with E-state index in [1.807, 2.05) is 44.2 Å². The fraction of sp³-hybridized carbons (Fsp3) is 0.500. The summed E-state index contributed by atoms with van der Waals surface area (Å²) in [5.41, 5.74) is 1.01. The maximum atomic E-state index is 14.6. The van der Waals surface area contributed by atoms with Crippen LogP contribution >= 0.6 is 0 Å². The van der Waals surface area contributed by atoms with E-state index in [1.165, 1.54) is 0 Å². The molecule has 1 atom stereocenters. The summed E-state index contributed by atoms with van der Waals surface area (Å²) >= 11 is 0. The van der Waals surface area contributed by atoms with E-state index in [1.54, 1.807) is 0 Å². The minimum absolute atomic E-state index is 0.00453. The second-order valence-electron chi connectivity index (χ2n) is 8.84. The molecule has 1 unspecified atom stereocenters. The van der Waals surface area contributed by atoms with Gasteiger partial charge >= 0.3 is 0 Å². The minimum atomic E-state index is -2.90. The number of hydrogen-bond acceptors (Lipinski definition) is 1. The van der Waals surface area contributed by atoms with Crippen LogP contribution in [0.2, 0.25) is 35.8 Å². The number of hydrogen-bond donors (Lipinski definition) is 0. The van der Waals surface area contributed by atoms with Gasteiger partial charge in [-0.1, -0.05) is 89.1 Å². The Balaban J connectivity index is 2.55. The third-order valence-electron chi connectivity index (χ3n) is 7.10. The Kier molecular flexibility index (Phi) is 8.95. The zero-order valence-electron chi connectivity index (χ0n) is 19.2. The van der Waals surface area contributed by atoms with E-state index in [0.29, 0.717) is 12.1 Å². The van der Waals surface area contributed by atoms with E-state index in [0.717, 1.165) is 29.7 Å². The number of halogens is 4. The van der Waals surface area contributed by atoms with Crippen molar-refractivity contribution < 1.29 is 22.0 Å². The summed E-state index contributed by atoms with van der Waals surface area (Å²) in [5.74, 6) is -6.66. The standard InChI is InChI=1S/C24H34F4OSi2/c1-6-30(7-2,8-3)14-15-31(18(4)5,17-19-12-10-9-11-13-19)29-24-22(27)20(25)16-21(26)23(24)28/h9-13,16,18H,6-8,14-15,17H2,1-5H3. The Morgan fingerprint density at radius 3 is 1.77 bits per heavy atom. The van der Waals surface area contributed by atoms with Crippen LogP contribution < -0.4 is 4.43 Å². The highest BCUT2D eigenvalue weighted by atomic mass is 28.4. The van der Waals surface area contributed by atoms with Crippen molar-refractivity contribution in [2.45, 2.75) is 76.4 Å². The van der Waals surface area contributed by atoms with Crippen LogP contribution in [0.15, 0.2) is 36.4 Å². The van der Waals surface area contributed by atoms with Crippen molar-refractivity contribution in [3.63, 3.8) is 0 Å². The lowest BCUT2D eigenvalue weighted by Gasteiger charge is -2.39. The maximum Gasteiger partial charge on any atom is 0.258 e. The molecule has 172 valence electrons. The molecule has 2 rings (SSSR count). The van der Waals surface area contributed by atoms with Crippen molar-refractivity contribution in [2.75, 3.05) is 0 Å². The van der Waals surface area contributed by atoms with Crippen LogP contribution in [-0.2, 0) is 6.04 Å². The Morgan fingerprint density at radius 1 is 0.806 bits per heavy atom. The molecule has 0 saturated heterocycles. The lowest BCUT2D eigenvalue weighted by molar-refractivity contribution is 0.382. The Morgan fingerprint density at radius 2 is 1.32 bits per heavy atom. The maximum absolute atomic E-state index is 14.6. The summed E-state index contributed by atoms with van der Waals surface area (Å²) in [6.07, 6.45) is 0. The first-order valence-electron chi connectivity index (χ1n) is 11.2. The summed E-state index contributed by atoms with van der Waals surface area (Å²) in [6.45, 7) is 10.6. The quantitative estimate of drug-likeness (QED) is 0.182. The zero-order chi connectivity index (χ0) is 23.2. The first kappa shape index (κ1) is 25.7. The van der Waals surface area contributed by atoms with Crippen LogP contribution in [0.4, 0.5) is 17.6 Å². The van der Waals surface area contributed by atoms with Gasteiger partial charge < -0.3 is 4.43 Å². The largest absolute Gasteiger partial charge is 0.539 e. The highest BCUT2D eigenvalue weighted by Crippen LogP contribution is 2.39. The molecule has 0 saturated carbocycles. The third-order valence-corrected chi connectivity index (χ3v) is 18.2. The summed E-state index contributed by atoms with van der Waals surface area (Å²) in [6, 6.07) is 15.5. The molecule has 0 amide bonds. The van der Waals surface area contributed by atoms with Gasteiger partial charge in [-0.3, -0.25) is 0 Å². The molecule has 0 aliphatic heterocycles. The SMILES string of the molecule is CC[Si](CC)(CC)CC[Si](Cc1ccccc1)(Oc1c(F)c(F)cc(F)c1F)C(C)C. The number of benzene rings is 2. The first-order valence-corrected chi connectivity index (χ1v) is 16.4. The van der Waals surface area contributed by atoms with E-state index < -0.39 is 45.4 Å². The molecular formula is C24H34F4OSi2. The number of rotatable bonds is 11. The average molecular weight is 471 g/mol. The molecule has 7 heteroatoms. The minimum Gasteiger partial charge on any atom is -0.539 e. The first-order chi connectivity index (χ1) is 14.6. The van der Waals surface area contributed by atoms with Gasteiger partial charge in [0, 0.05) is 12.1 Å². The Bertz CT molecular complexity index is 822. The summed E-state index contributed by atoms with van der Waals surface area (Å²) in [5, 5.41) is 0. The molecule has 0 aromatic heterocycles. The third kappa shape index (κ3) is 5.80. The van der Waals surface area contributed by atoms with Gasteiger partial charge in [0.05, 0.1) is 8.07 Å². The normalized spacial score (nSPS) is 14.0. The van der Waals surface area contributed by atoms with E-state index >= 15 is 0 Å². The molecule has 0 fully saturated rings. The van der Waals surface area contributed by atoms with Crippen LogP contribution in [-0.4, -0.2) is 16.4 Å². The average Bonchev–Trinajstić information content (AvgIpc) is 2.77. The van der Waals surface area contributed by atoms with Crippen molar-refractivity contribution in [3.8, 4) is 5.75 Å². The van der Waals surface area contributed by atoms with Crippen molar-refractivity contribution >= 4 is 16.4 Å². The van der Waals surface area contributed by atoms with Crippen molar-refractivity contribution in [1.29, 1.82) is 0 Å².